The van der Waals surface area contributed by atoms with E-state index in [4.69, 9.17) is 37.0 Å². The number of hydrogen-bond acceptors (Lipinski definition) is 15. The van der Waals surface area contributed by atoms with Crippen molar-refractivity contribution in [3.8, 4) is 0 Å². The van der Waals surface area contributed by atoms with Gasteiger partial charge in [-0.25, -0.2) is 9.13 Å². The van der Waals surface area contributed by atoms with Gasteiger partial charge in [0.2, 0.25) is 0 Å². The Bertz CT molecular complexity index is 1910. The number of unbranched alkanes of at least 4 members (excludes halogenated alkanes) is 44. The van der Waals surface area contributed by atoms with Gasteiger partial charge in [0.15, 0.2) is 12.2 Å². The molecule has 0 heterocycles. The molecule has 0 bridgehead atoms. The lowest BCUT2D eigenvalue weighted by Crippen LogP contribution is -2.30. The minimum Gasteiger partial charge on any atom is -0.462 e. The second-order valence-corrected chi connectivity index (χ2v) is 32.6. The lowest BCUT2D eigenvalue weighted by Gasteiger charge is -2.21. The van der Waals surface area contributed by atoms with Crippen LogP contribution in [0, 0.1) is 17.8 Å². The SMILES string of the molecule is CCCCCCCCCCCCCCCCCCCCCC(=O)O[C@H](COC(=O)CCCCCCCCCCCCC(C)CC)COP(=O)(O)OC[C@@H](O)COP(=O)(O)OC[C@@H](COC(=O)CCCCCCCCCCCC(C)C)OC(=O)CCCCCCCCCCCCC(C)C. The molecule has 582 valence electrons. The number of rotatable bonds is 77. The molecule has 17 nitrogen and oxygen atoms in total. The lowest BCUT2D eigenvalue weighted by atomic mass is 9.99. The first-order valence-electron chi connectivity index (χ1n) is 40.9. The first-order valence-corrected chi connectivity index (χ1v) is 43.9. The van der Waals surface area contributed by atoms with Crippen LogP contribution in [0.5, 0.6) is 0 Å². The van der Waals surface area contributed by atoms with Crippen LogP contribution in [-0.4, -0.2) is 96.7 Å². The summed E-state index contributed by atoms with van der Waals surface area (Å²) in [6.45, 7) is 11.9. The molecule has 0 aliphatic heterocycles. The molecular weight excluding hydrogens is 1280 g/mol. The number of esters is 4. The Morgan fingerprint density at radius 2 is 0.520 bits per heavy atom. The third-order valence-electron chi connectivity index (χ3n) is 18.7. The van der Waals surface area contributed by atoms with Crippen molar-refractivity contribution >= 4 is 39.5 Å². The quantitative estimate of drug-likeness (QED) is 0.0222. The predicted molar refractivity (Wildman–Crippen MR) is 400 cm³/mol. The highest BCUT2D eigenvalue weighted by Gasteiger charge is 2.30. The van der Waals surface area contributed by atoms with Gasteiger partial charge < -0.3 is 33.8 Å². The summed E-state index contributed by atoms with van der Waals surface area (Å²) in [6.07, 6.45) is 56.8. The van der Waals surface area contributed by atoms with Crippen LogP contribution in [0.4, 0.5) is 0 Å². The minimum absolute atomic E-state index is 0.105. The van der Waals surface area contributed by atoms with E-state index in [0.717, 1.165) is 108 Å². The smallest absolute Gasteiger partial charge is 0.462 e. The van der Waals surface area contributed by atoms with E-state index in [9.17, 15) is 43.2 Å². The normalized spacial score (nSPS) is 14.3. The van der Waals surface area contributed by atoms with Crippen LogP contribution in [0.15, 0.2) is 0 Å². The average Bonchev–Trinajstić information content (AvgIpc) is 0.997. The molecule has 0 aromatic heterocycles. The summed E-state index contributed by atoms with van der Waals surface area (Å²) in [7, 11) is -9.92. The van der Waals surface area contributed by atoms with Crippen LogP contribution in [0.2, 0.25) is 0 Å². The Balaban J connectivity index is 5.26. The van der Waals surface area contributed by atoms with Crippen LogP contribution in [0.3, 0.4) is 0 Å². The molecule has 0 saturated carbocycles. The molecule has 98 heavy (non-hydrogen) atoms. The number of hydrogen-bond donors (Lipinski definition) is 3. The van der Waals surface area contributed by atoms with Crippen molar-refractivity contribution in [2.24, 2.45) is 17.8 Å². The van der Waals surface area contributed by atoms with E-state index in [0.29, 0.717) is 25.7 Å². The van der Waals surface area contributed by atoms with Crippen molar-refractivity contribution in [1.29, 1.82) is 0 Å². The number of aliphatic hydroxyl groups is 1. The van der Waals surface area contributed by atoms with E-state index in [-0.39, 0.29) is 25.7 Å². The molecule has 0 radical (unpaired) electrons. The van der Waals surface area contributed by atoms with Gasteiger partial charge in [-0.3, -0.25) is 37.3 Å². The van der Waals surface area contributed by atoms with Gasteiger partial charge in [0, 0.05) is 25.7 Å². The van der Waals surface area contributed by atoms with Gasteiger partial charge >= 0.3 is 39.5 Å². The molecule has 0 aliphatic rings. The van der Waals surface area contributed by atoms with Gasteiger partial charge in [-0.05, 0) is 43.4 Å². The number of phosphoric ester groups is 2. The maximum atomic E-state index is 13.1. The van der Waals surface area contributed by atoms with E-state index in [2.05, 4.69) is 48.5 Å². The molecule has 0 rings (SSSR count). The highest BCUT2D eigenvalue weighted by molar-refractivity contribution is 7.47. The second-order valence-electron chi connectivity index (χ2n) is 29.6. The van der Waals surface area contributed by atoms with Gasteiger partial charge in [0.1, 0.15) is 19.3 Å². The van der Waals surface area contributed by atoms with Crippen molar-refractivity contribution in [2.45, 2.75) is 426 Å². The summed E-state index contributed by atoms with van der Waals surface area (Å²) in [6, 6.07) is 0. The Labute approximate surface area is 600 Å². The fourth-order valence-corrected chi connectivity index (χ4v) is 13.7. The first-order chi connectivity index (χ1) is 47.3. The van der Waals surface area contributed by atoms with Gasteiger partial charge in [-0.15, -0.1) is 0 Å². The summed E-state index contributed by atoms with van der Waals surface area (Å²) in [4.78, 5) is 73.0. The zero-order valence-corrected chi connectivity index (χ0v) is 66.0. The van der Waals surface area contributed by atoms with E-state index < -0.39 is 97.5 Å². The highest BCUT2D eigenvalue weighted by atomic mass is 31.2. The Hall–Kier alpha value is -1.94. The summed E-state index contributed by atoms with van der Waals surface area (Å²) in [5.41, 5.74) is 0. The maximum absolute atomic E-state index is 13.1. The van der Waals surface area contributed by atoms with E-state index in [1.165, 1.54) is 218 Å². The van der Waals surface area contributed by atoms with Crippen LogP contribution >= 0.6 is 15.6 Å². The van der Waals surface area contributed by atoms with Crippen molar-refractivity contribution in [1.82, 2.24) is 0 Å². The van der Waals surface area contributed by atoms with Gasteiger partial charge in [-0.2, -0.15) is 0 Å². The number of phosphoric acid groups is 2. The van der Waals surface area contributed by atoms with E-state index in [1.54, 1.807) is 0 Å². The molecule has 0 aromatic rings. The molecule has 0 fully saturated rings. The molecule has 0 aliphatic carbocycles. The fraction of sp³-hybridized carbons (Fsp3) is 0.949. The van der Waals surface area contributed by atoms with E-state index in [1.807, 2.05) is 0 Å². The summed E-state index contributed by atoms with van der Waals surface area (Å²) in [5, 5.41) is 10.6. The molecule has 3 N–H and O–H groups in total. The Morgan fingerprint density at radius 1 is 0.296 bits per heavy atom. The maximum Gasteiger partial charge on any atom is 0.472 e. The Kier molecular flexibility index (Phi) is 68.1. The molecular formula is C79H154O17P2. The second kappa shape index (κ2) is 69.4. The van der Waals surface area contributed by atoms with Crippen LogP contribution in [0.25, 0.3) is 0 Å². The predicted octanol–water partition coefficient (Wildman–Crippen LogP) is 23.4. The third-order valence-corrected chi connectivity index (χ3v) is 20.6. The lowest BCUT2D eigenvalue weighted by molar-refractivity contribution is -0.161. The zero-order valence-electron chi connectivity index (χ0n) is 64.3. The molecule has 3 unspecified atom stereocenters. The molecule has 0 saturated heterocycles. The summed E-state index contributed by atoms with van der Waals surface area (Å²) < 4.78 is 68.7. The fourth-order valence-electron chi connectivity index (χ4n) is 12.1. The number of aliphatic hydroxyl groups excluding tert-OH is 1. The largest absolute Gasteiger partial charge is 0.472 e. The molecule has 0 spiro atoms. The molecule has 19 heteroatoms. The van der Waals surface area contributed by atoms with Gasteiger partial charge in [0.25, 0.3) is 0 Å². The number of carbonyl (C=O) groups is 4. The highest BCUT2D eigenvalue weighted by Crippen LogP contribution is 2.45. The topological polar surface area (TPSA) is 237 Å². The summed E-state index contributed by atoms with van der Waals surface area (Å²) in [5.74, 6) is 0.191. The standard InChI is InChI=1S/C79H154O17P2/c1-8-10-11-12-13-14-15-16-17-18-19-20-21-22-23-33-41-48-55-62-78(83)95-74(66-89-76(81)60-53-46-39-32-27-25-31-38-45-52-59-72(7)9-2)68-93-97(85,86)91-64-73(80)65-92-98(87,88)94-69-75(67-90-77(82)61-54-47-40-35-28-30-37-44-51-58-71(5)6)96-79(84)63-56-49-42-34-26-24-29-36-43-50-57-70(3)4/h70-75,80H,8-69H2,1-7H3,(H,85,86)(H,87,88)/t72?,73-,74-,75-/m1/s1. The van der Waals surface area contributed by atoms with Crippen LogP contribution < -0.4 is 0 Å². The third kappa shape index (κ3) is 71.1. The van der Waals surface area contributed by atoms with Gasteiger partial charge in [0.05, 0.1) is 26.4 Å². The Morgan fingerprint density at radius 3 is 0.776 bits per heavy atom. The van der Waals surface area contributed by atoms with E-state index >= 15 is 0 Å². The molecule has 0 aromatic carbocycles. The molecule has 0 amide bonds. The van der Waals surface area contributed by atoms with Crippen LogP contribution in [0.1, 0.15) is 408 Å². The minimum atomic E-state index is -4.96. The average molecular weight is 1440 g/mol. The van der Waals surface area contributed by atoms with Crippen molar-refractivity contribution in [2.75, 3.05) is 39.6 Å². The van der Waals surface area contributed by atoms with Gasteiger partial charge in [-0.1, -0.05) is 357 Å². The number of ether oxygens (including phenoxy) is 4. The zero-order chi connectivity index (χ0) is 72.3. The van der Waals surface area contributed by atoms with Crippen molar-refractivity contribution in [3.05, 3.63) is 0 Å². The molecule has 6 atom stereocenters. The van der Waals surface area contributed by atoms with Crippen molar-refractivity contribution < 1.29 is 80.2 Å². The summed E-state index contributed by atoms with van der Waals surface area (Å²) >= 11 is 0. The number of carbonyl (C=O) groups excluding carboxylic acids is 4. The monoisotopic (exact) mass is 1440 g/mol. The first kappa shape index (κ1) is 96.1. The van der Waals surface area contributed by atoms with Crippen LogP contribution in [-0.2, 0) is 65.4 Å². The van der Waals surface area contributed by atoms with Crippen molar-refractivity contribution in [3.63, 3.8) is 0 Å².